The molecular weight excluding hydrogens is 296 g/mol. The molecule has 2 rings (SSSR count). The lowest BCUT2D eigenvalue weighted by Crippen LogP contribution is -2.15. The first-order chi connectivity index (χ1) is 10.7. The average Bonchev–Trinajstić information content (AvgIpc) is 2.96. The van der Waals surface area contributed by atoms with E-state index in [9.17, 15) is 4.79 Å². The van der Waals surface area contributed by atoms with Gasteiger partial charge in [0.2, 0.25) is 0 Å². The Hall–Kier alpha value is -1.72. The molecule has 0 spiro atoms. The highest BCUT2D eigenvalue weighted by Crippen LogP contribution is 2.11. The Morgan fingerprint density at radius 1 is 1.41 bits per heavy atom. The fourth-order valence-electron chi connectivity index (χ4n) is 2.17. The lowest BCUT2D eigenvalue weighted by atomic mass is 10.1. The largest absolute Gasteiger partial charge is 0.461 e. The number of benzene rings is 1. The molecule has 1 N–H and O–H groups in total. The number of rotatable bonds is 8. The molecule has 0 aliphatic carbocycles. The third-order valence-electron chi connectivity index (χ3n) is 3.21. The lowest BCUT2D eigenvalue weighted by Gasteiger charge is -2.04. The van der Waals surface area contributed by atoms with Gasteiger partial charge in [-0.15, -0.1) is 11.3 Å². The second-order valence-corrected chi connectivity index (χ2v) is 6.06. The number of esters is 1. The summed E-state index contributed by atoms with van der Waals surface area (Å²) in [5, 5.41) is 6.03. The van der Waals surface area contributed by atoms with Crippen molar-refractivity contribution in [3.8, 4) is 0 Å². The van der Waals surface area contributed by atoms with E-state index in [1.54, 1.807) is 12.3 Å². The Bertz CT molecular complexity index is 610. The number of thiazole rings is 1. The van der Waals surface area contributed by atoms with Gasteiger partial charge in [0.1, 0.15) is 5.01 Å². The zero-order valence-corrected chi connectivity index (χ0v) is 13.9. The summed E-state index contributed by atoms with van der Waals surface area (Å²) < 4.78 is 4.93. The van der Waals surface area contributed by atoms with E-state index < -0.39 is 0 Å². The molecule has 0 saturated carbocycles. The summed E-state index contributed by atoms with van der Waals surface area (Å²) in [7, 11) is 0. The molecular formula is C17H22N2O2S. The van der Waals surface area contributed by atoms with Crippen molar-refractivity contribution >= 4 is 17.3 Å². The normalized spacial score (nSPS) is 10.6. The predicted molar refractivity (Wildman–Crippen MR) is 89.3 cm³/mol. The van der Waals surface area contributed by atoms with Gasteiger partial charge in [-0.05, 0) is 38.8 Å². The smallest absolute Gasteiger partial charge is 0.357 e. The van der Waals surface area contributed by atoms with Crippen LogP contribution in [0.15, 0.2) is 29.6 Å². The van der Waals surface area contributed by atoms with Crippen molar-refractivity contribution in [3.05, 3.63) is 51.5 Å². The van der Waals surface area contributed by atoms with Crippen LogP contribution in [0.2, 0.25) is 0 Å². The van der Waals surface area contributed by atoms with Crippen LogP contribution in [-0.2, 0) is 17.7 Å². The number of aryl methyl sites for hydroxylation is 2. The minimum Gasteiger partial charge on any atom is -0.461 e. The Labute approximate surface area is 135 Å². The number of carbonyl (C=O) groups is 1. The van der Waals surface area contributed by atoms with Crippen LogP contribution in [0.25, 0.3) is 0 Å². The number of carbonyl (C=O) groups excluding carboxylic acids is 1. The van der Waals surface area contributed by atoms with E-state index in [1.807, 2.05) is 0 Å². The summed E-state index contributed by atoms with van der Waals surface area (Å²) in [5.41, 5.74) is 3.09. The summed E-state index contributed by atoms with van der Waals surface area (Å²) in [6.45, 7) is 5.91. The van der Waals surface area contributed by atoms with Gasteiger partial charge in [0.15, 0.2) is 5.69 Å². The SMILES string of the molecule is CCOC(=O)c1csc(CNCCCc2cccc(C)c2)n1. The van der Waals surface area contributed by atoms with Crippen LogP contribution in [0, 0.1) is 6.92 Å². The molecule has 0 aliphatic heterocycles. The third kappa shape index (κ3) is 5.24. The fraction of sp³-hybridized carbons (Fsp3) is 0.412. The van der Waals surface area contributed by atoms with Crippen LogP contribution >= 0.6 is 11.3 Å². The number of hydrogen-bond acceptors (Lipinski definition) is 5. The zero-order valence-electron chi connectivity index (χ0n) is 13.1. The van der Waals surface area contributed by atoms with Crippen molar-refractivity contribution in [2.24, 2.45) is 0 Å². The van der Waals surface area contributed by atoms with Crippen molar-refractivity contribution in [1.29, 1.82) is 0 Å². The highest BCUT2D eigenvalue weighted by atomic mass is 32.1. The molecule has 0 aliphatic rings. The molecule has 0 amide bonds. The minimum atomic E-state index is -0.343. The lowest BCUT2D eigenvalue weighted by molar-refractivity contribution is 0.0520. The van der Waals surface area contributed by atoms with Gasteiger partial charge in [-0.3, -0.25) is 0 Å². The predicted octanol–water partition coefficient (Wildman–Crippen LogP) is 3.35. The van der Waals surface area contributed by atoms with E-state index in [-0.39, 0.29) is 5.97 Å². The molecule has 0 radical (unpaired) electrons. The first-order valence-corrected chi connectivity index (χ1v) is 8.44. The number of nitrogens with zero attached hydrogens (tertiary/aromatic N) is 1. The van der Waals surface area contributed by atoms with Gasteiger partial charge in [-0.1, -0.05) is 29.8 Å². The molecule has 0 saturated heterocycles. The van der Waals surface area contributed by atoms with Crippen LogP contribution < -0.4 is 5.32 Å². The van der Waals surface area contributed by atoms with Crippen LogP contribution in [0.4, 0.5) is 0 Å². The van der Waals surface area contributed by atoms with Gasteiger partial charge in [0.25, 0.3) is 0 Å². The van der Waals surface area contributed by atoms with E-state index in [0.717, 1.165) is 24.4 Å². The Morgan fingerprint density at radius 3 is 3.05 bits per heavy atom. The van der Waals surface area contributed by atoms with E-state index in [0.29, 0.717) is 18.8 Å². The average molecular weight is 318 g/mol. The molecule has 0 bridgehead atoms. The van der Waals surface area contributed by atoms with Crippen molar-refractivity contribution < 1.29 is 9.53 Å². The van der Waals surface area contributed by atoms with Crippen molar-refractivity contribution in [2.45, 2.75) is 33.2 Å². The maximum atomic E-state index is 11.5. The molecule has 2 aromatic rings. The highest BCUT2D eigenvalue weighted by molar-refractivity contribution is 7.09. The first kappa shape index (κ1) is 16.6. The number of aromatic nitrogens is 1. The number of ether oxygens (including phenoxy) is 1. The standard InChI is InChI=1S/C17H22N2O2S/c1-3-21-17(20)15-12-22-16(19-15)11-18-9-5-8-14-7-4-6-13(2)10-14/h4,6-7,10,12,18H,3,5,8-9,11H2,1-2H3. The molecule has 22 heavy (non-hydrogen) atoms. The van der Waals surface area contributed by atoms with Gasteiger partial charge in [0, 0.05) is 11.9 Å². The van der Waals surface area contributed by atoms with E-state index >= 15 is 0 Å². The van der Waals surface area contributed by atoms with E-state index in [2.05, 4.69) is 41.5 Å². The highest BCUT2D eigenvalue weighted by Gasteiger charge is 2.10. The molecule has 5 heteroatoms. The summed E-state index contributed by atoms with van der Waals surface area (Å²) in [6.07, 6.45) is 2.15. The van der Waals surface area contributed by atoms with Crippen LogP contribution in [-0.4, -0.2) is 24.1 Å². The molecule has 118 valence electrons. The van der Waals surface area contributed by atoms with Gasteiger partial charge < -0.3 is 10.1 Å². The Kier molecular flexibility index (Phi) is 6.55. The summed E-state index contributed by atoms with van der Waals surface area (Å²) in [6, 6.07) is 8.61. The van der Waals surface area contributed by atoms with Crippen LogP contribution in [0.1, 0.15) is 40.0 Å². The van der Waals surface area contributed by atoms with Gasteiger partial charge >= 0.3 is 5.97 Å². The van der Waals surface area contributed by atoms with Crippen LogP contribution in [0.5, 0.6) is 0 Å². The van der Waals surface area contributed by atoms with Crippen LogP contribution in [0.3, 0.4) is 0 Å². The summed E-state index contributed by atoms with van der Waals surface area (Å²) in [5.74, 6) is -0.343. The van der Waals surface area contributed by atoms with Crippen molar-refractivity contribution in [3.63, 3.8) is 0 Å². The monoisotopic (exact) mass is 318 g/mol. The molecule has 1 aromatic carbocycles. The quantitative estimate of drug-likeness (QED) is 0.599. The maximum absolute atomic E-state index is 11.5. The Morgan fingerprint density at radius 2 is 2.27 bits per heavy atom. The maximum Gasteiger partial charge on any atom is 0.357 e. The summed E-state index contributed by atoms with van der Waals surface area (Å²) in [4.78, 5) is 15.8. The Balaban J connectivity index is 1.67. The van der Waals surface area contributed by atoms with Gasteiger partial charge in [-0.2, -0.15) is 0 Å². The topological polar surface area (TPSA) is 51.2 Å². The van der Waals surface area contributed by atoms with E-state index in [1.165, 1.54) is 22.5 Å². The van der Waals surface area contributed by atoms with E-state index in [4.69, 9.17) is 4.74 Å². The zero-order chi connectivity index (χ0) is 15.8. The fourth-order valence-corrected chi connectivity index (χ4v) is 2.90. The van der Waals surface area contributed by atoms with Crippen molar-refractivity contribution in [1.82, 2.24) is 10.3 Å². The van der Waals surface area contributed by atoms with Crippen molar-refractivity contribution in [2.75, 3.05) is 13.2 Å². The molecule has 1 heterocycles. The second-order valence-electron chi connectivity index (χ2n) is 5.12. The second kappa shape index (κ2) is 8.66. The number of hydrogen-bond donors (Lipinski definition) is 1. The molecule has 0 fully saturated rings. The summed E-state index contributed by atoms with van der Waals surface area (Å²) >= 11 is 1.49. The van der Waals surface area contributed by atoms with Gasteiger partial charge in [0.05, 0.1) is 6.61 Å². The molecule has 0 unspecified atom stereocenters. The molecule has 4 nitrogen and oxygen atoms in total. The number of nitrogens with one attached hydrogen (secondary N) is 1. The molecule has 1 aromatic heterocycles. The third-order valence-corrected chi connectivity index (χ3v) is 4.06. The molecule has 0 atom stereocenters. The minimum absolute atomic E-state index is 0.343. The van der Waals surface area contributed by atoms with Gasteiger partial charge in [-0.25, -0.2) is 9.78 Å². The first-order valence-electron chi connectivity index (χ1n) is 7.57.